The molecule has 1 saturated heterocycles. The first kappa shape index (κ1) is 13.3. The molecule has 0 bridgehead atoms. The third-order valence-electron chi connectivity index (χ3n) is 3.75. The number of piperidine rings is 1. The fraction of sp³-hybridized carbons (Fsp3) is 0.562. The molecule has 18 heavy (non-hydrogen) atoms. The van der Waals surface area contributed by atoms with Crippen LogP contribution in [0.4, 0.5) is 0 Å². The summed E-state index contributed by atoms with van der Waals surface area (Å²) in [5, 5.41) is 0. The topological polar surface area (TPSA) is 20.3 Å². The van der Waals surface area contributed by atoms with E-state index in [-0.39, 0.29) is 0 Å². The van der Waals surface area contributed by atoms with E-state index >= 15 is 0 Å². The first-order chi connectivity index (χ1) is 8.88. The molecule has 98 valence electrons. The third-order valence-corrected chi connectivity index (χ3v) is 3.75. The van der Waals surface area contributed by atoms with Gasteiger partial charge < -0.3 is 4.90 Å². The van der Waals surface area contributed by atoms with Crippen LogP contribution >= 0.6 is 0 Å². The number of aryl methyl sites for hydroxylation is 1. The van der Waals surface area contributed by atoms with E-state index in [4.69, 9.17) is 0 Å². The minimum Gasteiger partial charge on any atom is -0.303 e. The van der Waals surface area contributed by atoms with Crippen molar-refractivity contribution in [3.63, 3.8) is 0 Å². The molecule has 0 saturated carbocycles. The van der Waals surface area contributed by atoms with Gasteiger partial charge in [-0.1, -0.05) is 30.7 Å². The maximum absolute atomic E-state index is 10.5. The van der Waals surface area contributed by atoms with E-state index < -0.39 is 0 Å². The Hall–Kier alpha value is -1.15. The van der Waals surface area contributed by atoms with E-state index in [9.17, 15) is 4.79 Å². The monoisotopic (exact) mass is 245 g/mol. The van der Waals surface area contributed by atoms with Crippen LogP contribution in [0, 0.1) is 0 Å². The molecule has 1 aromatic rings. The van der Waals surface area contributed by atoms with Crippen LogP contribution < -0.4 is 0 Å². The molecular formula is C16H23NO. The lowest BCUT2D eigenvalue weighted by molar-refractivity contribution is 0.112. The Morgan fingerprint density at radius 3 is 2.39 bits per heavy atom. The molecule has 0 spiro atoms. The first-order valence-corrected chi connectivity index (χ1v) is 7.15. The Labute approximate surface area is 110 Å². The number of unbranched alkanes of at least 4 members (excludes halogenated alkanes) is 1. The SMILES string of the molecule is O=Cc1ccc(CCCCN2CCCCC2)cc1. The van der Waals surface area contributed by atoms with E-state index in [2.05, 4.69) is 17.0 Å². The van der Waals surface area contributed by atoms with E-state index in [0.717, 1.165) is 18.3 Å². The zero-order valence-corrected chi connectivity index (χ0v) is 11.1. The summed E-state index contributed by atoms with van der Waals surface area (Å²) in [4.78, 5) is 13.1. The maximum Gasteiger partial charge on any atom is 0.150 e. The van der Waals surface area contributed by atoms with Crippen LogP contribution in [0.3, 0.4) is 0 Å². The molecule has 1 aliphatic heterocycles. The van der Waals surface area contributed by atoms with Crippen molar-refractivity contribution < 1.29 is 4.79 Å². The van der Waals surface area contributed by atoms with Gasteiger partial charge in [0.25, 0.3) is 0 Å². The molecule has 1 aliphatic rings. The molecule has 2 nitrogen and oxygen atoms in total. The van der Waals surface area contributed by atoms with Gasteiger partial charge in [0.15, 0.2) is 0 Å². The average molecular weight is 245 g/mol. The summed E-state index contributed by atoms with van der Waals surface area (Å²) in [5.41, 5.74) is 2.12. The zero-order valence-electron chi connectivity index (χ0n) is 11.1. The van der Waals surface area contributed by atoms with Crippen LogP contribution in [0.5, 0.6) is 0 Å². The molecule has 0 N–H and O–H groups in total. The standard InChI is InChI=1S/C16H23NO/c18-14-16-9-7-15(8-10-16)6-2-5-13-17-11-3-1-4-12-17/h7-10,14H,1-6,11-13H2. The fourth-order valence-corrected chi connectivity index (χ4v) is 2.61. The lowest BCUT2D eigenvalue weighted by atomic mass is 10.1. The van der Waals surface area contributed by atoms with Crippen molar-refractivity contribution in [2.75, 3.05) is 19.6 Å². The molecule has 0 unspecified atom stereocenters. The van der Waals surface area contributed by atoms with Crippen molar-refractivity contribution in [1.29, 1.82) is 0 Å². The lowest BCUT2D eigenvalue weighted by Gasteiger charge is -2.26. The summed E-state index contributed by atoms with van der Waals surface area (Å²) in [6, 6.07) is 7.97. The van der Waals surface area contributed by atoms with Gasteiger partial charge in [-0.3, -0.25) is 4.79 Å². The summed E-state index contributed by atoms with van der Waals surface area (Å²) < 4.78 is 0. The van der Waals surface area contributed by atoms with Gasteiger partial charge in [0.1, 0.15) is 6.29 Å². The lowest BCUT2D eigenvalue weighted by Crippen LogP contribution is -2.30. The summed E-state index contributed by atoms with van der Waals surface area (Å²) >= 11 is 0. The van der Waals surface area contributed by atoms with E-state index in [1.165, 1.54) is 57.3 Å². The Morgan fingerprint density at radius 2 is 1.72 bits per heavy atom. The summed E-state index contributed by atoms with van der Waals surface area (Å²) in [5.74, 6) is 0. The Bertz CT molecular complexity index is 352. The third kappa shape index (κ3) is 4.26. The molecule has 0 atom stereocenters. The highest BCUT2D eigenvalue weighted by atomic mass is 16.1. The molecule has 2 rings (SSSR count). The second-order valence-corrected chi connectivity index (χ2v) is 5.22. The smallest absolute Gasteiger partial charge is 0.150 e. The summed E-state index contributed by atoms with van der Waals surface area (Å²) in [7, 11) is 0. The van der Waals surface area contributed by atoms with Gasteiger partial charge in [0.2, 0.25) is 0 Å². The normalized spacial score (nSPS) is 16.7. The molecule has 0 aliphatic carbocycles. The van der Waals surface area contributed by atoms with Crippen LogP contribution in [0.15, 0.2) is 24.3 Å². The molecular weight excluding hydrogens is 222 g/mol. The van der Waals surface area contributed by atoms with Crippen molar-refractivity contribution in [2.24, 2.45) is 0 Å². The quantitative estimate of drug-likeness (QED) is 0.566. The van der Waals surface area contributed by atoms with Gasteiger partial charge >= 0.3 is 0 Å². The molecule has 2 heteroatoms. The predicted molar refractivity (Wildman–Crippen MR) is 75.1 cm³/mol. The fourth-order valence-electron chi connectivity index (χ4n) is 2.61. The van der Waals surface area contributed by atoms with Crippen LogP contribution in [0.2, 0.25) is 0 Å². The minimum absolute atomic E-state index is 0.770. The van der Waals surface area contributed by atoms with Gasteiger partial charge in [-0.05, 0) is 57.3 Å². The Balaban J connectivity index is 1.63. The number of carbonyl (C=O) groups excluding carboxylic acids is 1. The zero-order chi connectivity index (χ0) is 12.6. The maximum atomic E-state index is 10.5. The van der Waals surface area contributed by atoms with Gasteiger partial charge in [-0.25, -0.2) is 0 Å². The number of likely N-dealkylation sites (tertiary alicyclic amines) is 1. The molecule has 0 aromatic heterocycles. The van der Waals surface area contributed by atoms with Crippen molar-refractivity contribution in [3.8, 4) is 0 Å². The number of aldehydes is 1. The number of hydrogen-bond donors (Lipinski definition) is 0. The summed E-state index contributed by atoms with van der Waals surface area (Å²) in [6.07, 6.45) is 8.75. The van der Waals surface area contributed by atoms with E-state index in [1.807, 2.05) is 12.1 Å². The van der Waals surface area contributed by atoms with Crippen LogP contribution in [-0.4, -0.2) is 30.8 Å². The van der Waals surface area contributed by atoms with E-state index in [0.29, 0.717) is 0 Å². The van der Waals surface area contributed by atoms with Crippen molar-refractivity contribution in [1.82, 2.24) is 4.90 Å². The first-order valence-electron chi connectivity index (χ1n) is 7.15. The number of benzene rings is 1. The molecule has 1 aromatic carbocycles. The molecule has 1 fully saturated rings. The highest BCUT2D eigenvalue weighted by Crippen LogP contribution is 2.11. The molecule has 0 amide bonds. The predicted octanol–water partition coefficient (Wildman–Crippen LogP) is 3.31. The van der Waals surface area contributed by atoms with Gasteiger partial charge in [-0.2, -0.15) is 0 Å². The van der Waals surface area contributed by atoms with Crippen molar-refractivity contribution in [3.05, 3.63) is 35.4 Å². The second kappa shape index (κ2) is 7.32. The highest BCUT2D eigenvalue weighted by Gasteiger charge is 2.08. The van der Waals surface area contributed by atoms with Crippen molar-refractivity contribution in [2.45, 2.75) is 38.5 Å². The van der Waals surface area contributed by atoms with Crippen molar-refractivity contribution >= 4 is 6.29 Å². The second-order valence-electron chi connectivity index (χ2n) is 5.22. The number of carbonyl (C=O) groups is 1. The number of rotatable bonds is 6. The van der Waals surface area contributed by atoms with E-state index in [1.54, 1.807) is 0 Å². The minimum atomic E-state index is 0.770. The van der Waals surface area contributed by atoms with Crippen LogP contribution in [0.25, 0.3) is 0 Å². The molecule has 0 radical (unpaired) electrons. The largest absolute Gasteiger partial charge is 0.303 e. The molecule has 1 heterocycles. The van der Waals surface area contributed by atoms with Gasteiger partial charge in [0, 0.05) is 5.56 Å². The Morgan fingerprint density at radius 1 is 1.00 bits per heavy atom. The Kier molecular flexibility index (Phi) is 5.40. The number of hydrogen-bond acceptors (Lipinski definition) is 2. The van der Waals surface area contributed by atoms with Gasteiger partial charge in [0.05, 0.1) is 0 Å². The number of nitrogens with zero attached hydrogens (tertiary/aromatic N) is 1. The highest BCUT2D eigenvalue weighted by molar-refractivity contribution is 5.74. The van der Waals surface area contributed by atoms with Crippen LogP contribution in [0.1, 0.15) is 48.0 Å². The van der Waals surface area contributed by atoms with Crippen LogP contribution in [-0.2, 0) is 6.42 Å². The average Bonchev–Trinajstić information content (AvgIpc) is 2.45. The van der Waals surface area contributed by atoms with Gasteiger partial charge in [-0.15, -0.1) is 0 Å². The summed E-state index contributed by atoms with van der Waals surface area (Å²) in [6.45, 7) is 3.86.